The number of nitrogens with zero attached hydrogens (tertiary/aromatic N) is 4. The van der Waals surface area contributed by atoms with E-state index in [-0.39, 0.29) is 37.5 Å². The number of hydrogen-bond acceptors (Lipinski definition) is 6. The summed E-state index contributed by atoms with van der Waals surface area (Å²) in [5, 5.41) is 2.24. The van der Waals surface area contributed by atoms with Gasteiger partial charge in [-0.15, -0.1) is 0 Å². The Balaban J connectivity index is 0.881. The van der Waals surface area contributed by atoms with E-state index in [4.69, 9.17) is 19.4 Å². The number of carbonyl (C=O) groups excluding carboxylic acids is 2. The summed E-state index contributed by atoms with van der Waals surface area (Å²) in [4.78, 5) is 46.2. The Kier molecular flexibility index (Phi) is 9.00. The molecule has 5 aromatic carbocycles. The average molecular weight is 717 g/mol. The molecule has 2 unspecified atom stereocenters. The van der Waals surface area contributed by atoms with Crippen LogP contribution in [0.3, 0.4) is 0 Å². The molecule has 270 valence electrons. The molecular formula is C44H40N6O4. The number of rotatable bonds is 8. The maximum Gasteiger partial charge on any atom is 0.410 e. The van der Waals surface area contributed by atoms with Crippen molar-refractivity contribution in [3.8, 4) is 22.4 Å². The van der Waals surface area contributed by atoms with Crippen LogP contribution in [0.25, 0.3) is 44.2 Å². The molecule has 2 atom stereocenters. The summed E-state index contributed by atoms with van der Waals surface area (Å²) in [5.74, 6) is 1.56. The number of aromatic amines is 2. The van der Waals surface area contributed by atoms with Crippen molar-refractivity contribution in [2.24, 2.45) is 0 Å². The molecule has 0 bridgehead atoms. The Morgan fingerprint density at radius 1 is 0.630 bits per heavy atom. The molecule has 0 radical (unpaired) electrons. The Hall–Kier alpha value is -6.42. The van der Waals surface area contributed by atoms with Gasteiger partial charge in [-0.2, -0.15) is 0 Å². The highest BCUT2D eigenvalue weighted by Gasteiger charge is 2.34. The number of likely N-dealkylation sites (tertiary alicyclic amines) is 2. The molecule has 0 aliphatic carbocycles. The highest BCUT2D eigenvalue weighted by Crippen LogP contribution is 2.35. The van der Waals surface area contributed by atoms with Crippen molar-refractivity contribution in [1.82, 2.24) is 29.7 Å². The quantitative estimate of drug-likeness (QED) is 0.162. The fourth-order valence-corrected chi connectivity index (χ4v) is 7.76. The second kappa shape index (κ2) is 14.5. The Morgan fingerprint density at radius 2 is 1.19 bits per heavy atom. The van der Waals surface area contributed by atoms with Gasteiger partial charge in [0.05, 0.1) is 35.0 Å². The first kappa shape index (κ1) is 33.4. The predicted octanol–water partition coefficient (Wildman–Crippen LogP) is 9.72. The smallest absolute Gasteiger partial charge is 0.410 e. The molecule has 0 spiro atoms. The van der Waals surface area contributed by atoms with Crippen LogP contribution >= 0.6 is 0 Å². The van der Waals surface area contributed by atoms with E-state index in [1.54, 1.807) is 9.80 Å². The zero-order chi connectivity index (χ0) is 36.4. The molecule has 7 aromatic rings. The van der Waals surface area contributed by atoms with Gasteiger partial charge < -0.3 is 19.4 Å². The molecular weight excluding hydrogens is 677 g/mol. The van der Waals surface area contributed by atoms with Crippen LogP contribution in [-0.2, 0) is 22.7 Å². The lowest BCUT2D eigenvalue weighted by molar-refractivity contribution is 0.0903. The van der Waals surface area contributed by atoms with Gasteiger partial charge >= 0.3 is 12.2 Å². The first-order valence-corrected chi connectivity index (χ1v) is 18.6. The number of hydrogen-bond donors (Lipinski definition) is 2. The maximum absolute atomic E-state index is 13.1. The SMILES string of the molecule is O=C(OCc1ccccc1)N1CCCC1c1ncc(-c2ccc3cc(-c4ccc5nc(C6CCCN6C(=O)OCc6ccccc6)[nH]c5c4)ccc3c2)[nH]1. The maximum atomic E-state index is 13.1. The summed E-state index contributed by atoms with van der Waals surface area (Å²) in [6, 6.07) is 38.3. The van der Waals surface area contributed by atoms with E-state index >= 15 is 0 Å². The van der Waals surface area contributed by atoms with E-state index < -0.39 is 0 Å². The first-order valence-electron chi connectivity index (χ1n) is 18.6. The van der Waals surface area contributed by atoms with Gasteiger partial charge in [0.2, 0.25) is 0 Å². The highest BCUT2D eigenvalue weighted by atomic mass is 16.6. The Bertz CT molecular complexity index is 2440. The van der Waals surface area contributed by atoms with Gasteiger partial charge in [0.25, 0.3) is 0 Å². The fourth-order valence-electron chi connectivity index (χ4n) is 7.76. The number of nitrogens with one attached hydrogen (secondary N) is 2. The van der Waals surface area contributed by atoms with Crippen molar-refractivity contribution in [2.45, 2.75) is 51.0 Å². The number of imidazole rings is 2. The summed E-state index contributed by atoms with van der Waals surface area (Å²) in [7, 11) is 0. The van der Waals surface area contributed by atoms with E-state index in [0.717, 1.165) is 92.6 Å². The molecule has 2 amide bonds. The molecule has 10 nitrogen and oxygen atoms in total. The lowest BCUT2D eigenvalue weighted by Crippen LogP contribution is -2.31. The Morgan fingerprint density at radius 3 is 1.83 bits per heavy atom. The Labute approximate surface area is 312 Å². The predicted molar refractivity (Wildman–Crippen MR) is 207 cm³/mol. The van der Waals surface area contributed by atoms with Crippen molar-refractivity contribution in [1.29, 1.82) is 0 Å². The third kappa shape index (κ3) is 6.78. The molecule has 2 aliphatic heterocycles. The highest BCUT2D eigenvalue weighted by molar-refractivity contribution is 5.92. The van der Waals surface area contributed by atoms with E-state index in [2.05, 4.69) is 58.5 Å². The molecule has 4 heterocycles. The largest absolute Gasteiger partial charge is 0.445 e. The van der Waals surface area contributed by atoms with Crippen molar-refractivity contribution in [2.75, 3.05) is 13.1 Å². The van der Waals surface area contributed by atoms with Crippen LogP contribution < -0.4 is 0 Å². The number of aromatic nitrogens is 4. The van der Waals surface area contributed by atoms with Gasteiger partial charge in [-0.3, -0.25) is 9.80 Å². The zero-order valence-corrected chi connectivity index (χ0v) is 29.8. The van der Waals surface area contributed by atoms with E-state index in [1.165, 1.54) is 0 Å². The van der Waals surface area contributed by atoms with E-state index in [0.29, 0.717) is 13.1 Å². The number of fused-ring (bicyclic) bond motifs is 2. The van der Waals surface area contributed by atoms with Gasteiger partial charge in [-0.05, 0) is 83.0 Å². The third-order valence-electron chi connectivity index (χ3n) is 10.6. The minimum Gasteiger partial charge on any atom is -0.445 e. The van der Waals surface area contributed by atoms with E-state index in [9.17, 15) is 9.59 Å². The van der Waals surface area contributed by atoms with Crippen LogP contribution in [0, 0.1) is 0 Å². The van der Waals surface area contributed by atoms with Gasteiger partial charge in [0.15, 0.2) is 0 Å². The molecule has 2 N–H and O–H groups in total. The van der Waals surface area contributed by atoms with Crippen molar-refractivity contribution in [3.05, 3.63) is 144 Å². The van der Waals surface area contributed by atoms with E-state index in [1.807, 2.05) is 72.9 Å². The van der Waals surface area contributed by atoms with Crippen LogP contribution in [0.2, 0.25) is 0 Å². The van der Waals surface area contributed by atoms with Crippen LogP contribution in [0.1, 0.15) is 60.5 Å². The molecule has 9 rings (SSSR count). The standard InChI is InChI=1S/C44H40N6O4/c51-43(53-27-29-9-3-1-4-10-29)49-21-7-13-39(49)41-45-26-38(48-41)35-18-17-31-23-32(15-16-33(31)24-35)34-19-20-36-37(25-34)47-42(46-36)40-14-8-22-50(40)44(52)54-28-30-11-5-2-6-12-30/h1-6,9-12,15-20,23-26,39-40H,7-8,13-14,21-22,27-28H2,(H,45,48)(H,46,47). The topological polar surface area (TPSA) is 116 Å². The number of ether oxygens (including phenoxy) is 2. The van der Waals surface area contributed by atoms with Crippen molar-refractivity contribution >= 4 is 34.0 Å². The monoisotopic (exact) mass is 716 g/mol. The molecule has 2 fully saturated rings. The van der Waals surface area contributed by atoms with Crippen molar-refractivity contribution < 1.29 is 19.1 Å². The number of carbonyl (C=O) groups is 2. The molecule has 2 aliphatic rings. The van der Waals surface area contributed by atoms with Crippen LogP contribution in [-0.4, -0.2) is 55.0 Å². The van der Waals surface area contributed by atoms with Gasteiger partial charge in [-0.25, -0.2) is 19.6 Å². The minimum atomic E-state index is -0.315. The second-order valence-electron chi connectivity index (χ2n) is 14.1. The third-order valence-corrected chi connectivity index (χ3v) is 10.6. The summed E-state index contributed by atoms with van der Waals surface area (Å²) < 4.78 is 11.3. The fraction of sp³-hybridized carbons (Fsp3) is 0.227. The zero-order valence-electron chi connectivity index (χ0n) is 29.8. The van der Waals surface area contributed by atoms with Gasteiger partial charge in [-0.1, -0.05) is 91.0 Å². The second-order valence-corrected chi connectivity index (χ2v) is 14.1. The number of benzene rings is 5. The van der Waals surface area contributed by atoms with Gasteiger partial charge in [0.1, 0.15) is 24.9 Å². The molecule has 2 aromatic heterocycles. The van der Waals surface area contributed by atoms with Crippen LogP contribution in [0.4, 0.5) is 9.59 Å². The number of H-pyrrole nitrogens is 2. The lowest BCUT2D eigenvalue weighted by atomic mass is 9.99. The van der Waals surface area contributed by atoms with Crippen LogP contribution in [0.15, 0.2) is 121 Å². The molecule has 0 saturated carbocycles. The summed E-state index contributed by atoms with van der Waals surface area (Å²) >= 11 is 0. The minimum absolute atomic E-state index is 0.146. The number of amides is 2. The van der Waals surface area contributed by atoms with Gasteiger partial charge in [0, 0.05) is 18.7 Å². The van der Waals surface area contributed by atoms with Crippen LogP contribution in [0.5, 0.6) is 0 Å². The summed E-state index contributed by atoms with van der Waals surface area (Å²) in [6.07, 6.45) is 4.70. The summed E-state index contributed by atoms with van der Waals surface area (Å²) in [5.41, 5.74) is 7.85. The molecule has 54 heavy (non-hydrogen) atoms. The lowest BCUT2D eigenvalue weighted by Gasteiger charge is -2.22. The molecule has 10 heteroatoms. The average Bonchev–Trinajstić information content (AvgIpc) is 4.05. The van der Waals surface area contributed by atoms with Crippen molar-refractivity contribution in [3.63, 3.8) is 0 Å². The normalized spacial score (nSPS) is 17.0. The molecule has 2 saturated heterocycles. The summed E-state index contributed by atoms with van der Waals surface area (Å²) in [6.45, 7) is 1.79. The first-order chi connectivity index (χ1) is 26.6.